The zero-order chi connectivity index (χ0) is 18.7. The summed E-state index contributed by atoms with van der Waals surface area (Å²) in [5.41, 5.74) is 3.06. The molecule has 2 aromatic heterocycles. The Morgan fingerprint density at radius 2 is 1.85 bits per heavy atom. The van der Waals surface area contributed by atoms with Crippen molar-refractivity contribution in [3.05, 3.63) is 35.8 Å². The lowest BCUT2D eigenvalue weighted by Gasteiger charge is -2.35. The molecule has 3 rings (SSSR count). The summed E-state index contributed by atoms with van der Waals surface area (Å²) in [4.78, 5) is 6.62. The van der Waals surface area contributed by atoms with E-state index in [-0.39, 0.29) is 5.75 Å². The Morgan fingerprint density at radius 3 is 2.46 bits per heavy atom. The van der Waals surface area contributed by atoms with Gasteiger partial charge in [-0.1, -0.05) is 19.4 Å². The molecule has 0 spiro atoms. The minimum Gasteiger partial charge on any atom is -0.366 e. The van der Waals surface area contributed by atoms with Crippen LogP contribution in [0.25, 0.3) is 5.82 Å². The van der Waals surface area contributed by atoms with Gasteiger partial charge in [-0.05, 0) is 32.4 Å². The first kappa shape index (κ1) is 18.8. The van der Waals surface area contributed by atoms with E-state index in [1.165, 1.54) is 0 Å². The van der Waals surface area contributed by atoms with Crippen LogP contribution in [0.3, 0.4) is 0 Å². The normalized spacial score (nSPS) is 16.2. The summed E-state index contributed by atoms with van der Waals surface area (Å²) in [6, 6.07) is 5.76. The van der Waals surface area contributed by atoms with Crippen LogP contribution in [-0.4, -0.2) is 59.4 Å². The third-order valence-corrected chi connectivity index (χ3v) is 6.78. The monoisotopic (exact) mass is 377 g/mol. The first-order valence-electron chi connectivity index (χ1n) is 9.14. The van der Waals surface area contributed by atoms with Crippen LogP contribution in [0.4, 0.5) is 5.69 Å². The Hall–Kier alpha value is -1.93. The van der Waals surface area contributed by atoms with Crippen molar-refractivity contribution in [2.24, 2.45) is 0 Å². The molecule has 0 N–H and O–H groups in total. The van der Waals surface area contributed by atoms with Gasteiger partial charge in [0.2, 0.25) is 10.0 Å². The average Bonchev–Trinajstić information content (AvgIpc) is 2.95. The number of sulfonamides is 1. The Kier molecular flexibility index (Phi) is 5.62. The second-order valence-corrected chi connectivity index (χ2v) is 8.76. The highest BCUT2D eigenvalue weighted by molar-refractivity contribution is 7.89. The third-order valence-electron chi connectivity index (χ3n) is 4.82. The third kappa shape index (κ3) is 3.76. The van der Waals surface area contributed by atoms with Gasteiger partial charge in [-0.3, -0.25) is 0 Å². The molecular formula is C18H27N5O2S. The Bertz CT molecular complexity index is 840. The first-order chi connectivity index (χ1) is 12.4. The molecule has 0 amide bonds. The summed E-state index contributed by atoms with van der Waals surface area (Å²) in [5.74, 6) is 1.04. The minimum atomic E-state index is -3.13. The van der Waals surface area contributed by atoms with E-state index in [1.54, 1.807) is 10.5 Å². The van der Waals surface area contributed by atoms with Gasteiger partial charge in [0, 0.05) is 32.4 Å². The fourth-order valence-electron chi connectivity index (χ4n) is 3.44. The number of anilines is 1. The molecule has 26 heavy (non-hydrogen) atoms. The zero-order valence-electron chi connectivity index (χ0n) is 15.7. The molecule has 1 aliphatic heterocycles. The molecule has 0 aromatic carbocycles. The average molecular weight is 378 g/mol. The Balaban J connectivity index is 1.75. The maximum Gasteiger partial charge on any atom is 0.214 e. The summed E-state index contributed by atoms with van der Waals surface area (Å²) in [6.07, 6.45) is 3.37. The van der Waals surface area contributed by atoms with Crippen LogP contribution in [0, 0.1) is 13.8 Å². The fourth-order valence-corrected chi connectivity index (χ4v) is 5.07. The van der Waals surface area contributed by atoms with E-state index < -0.39 is 10.0 Å². The molecule has 1 aliphatic rings. The van der Waals surface area contributed by atoms with Crippen molar-refractivity contribution in [3.8, 4) is 5.82 Å². The predicted octanol–water partition coefficient (Wildman–Crippen LogP) is 2.14. The number of aromatic nitrogens is 3. The molecule has 0 bridgehead atoms. The summed E-state index contributed by atoms with van der Waals surface area (Å²) in [7, 11) is -3.13. The highest BCUT2D eigenvalue weighted by Crippen LogP contribution is 2.27. The van der Waals surface area contributed by atoms with Crippen LogP contribution >= 0.6 is 0 Å². The SMILES string of the molecule is CCCCS(=O)(=O)N1CCN(c2c(C)nn(-c3ccccn3)c2C)CC1. The van der Waals surface area contributed by atoms with Crippen LogP contribution in [0.2, 0.25) is 0 Å². The van der Waals surface area contributed by atoms with Crippen molar-refractivity contribution in [1.82, 2.24) is 19.1 Å². The highest BCUT2D eigenvalue weighted by atomic mass is 32.2. The van der Waals surface area contributed by atoms with Crippen molar-refractivity contribution < 1.29 is 8.42 Å². The molecular weight excluding hydrogens is 350 g/mol. The molecule has 1 fully saturated rings. The summed E-state index contributed by atoms with van der Waals surface area (Å²) < 4.78 is 28.3. The Morgan fingerprint density at radius 1 is 1.12 bits per heavy atom. The molecule has 0 aliphatic carbocycles. The molecule has 0 atom stereocenters. The highest BCUT2D eigenvalue weighted by Gasteiger charge is 2.29. The number of hydrogen-bond donors (Lipinski definition) is 0. The van der Waals surface area contributed by atoms with Gasteiger partial charge in [0.15, 0.2) is 5.82 Å². The number of nitrogens with zero attached hydrogens (tertiary/aromatic N) is 5. The molecule has 0 unspecified atom stereocenters. The van der Waals surface area contributed by atoms with E-state index >= 15 is 0 Å². The molecule has 7 nitrogen and oxygen atoms in total. The van der Waals surface area contributed by atoms with Gasteiger partial charge in [-0.15, -0.1) is 0 Å². The lowest BCUT2D eigenvalue weighted by atomic mass is 10.2. The van der Waals surface area contributed by atoms with Gasteiger partial charge in [0.05, 0.1) is 22.8 Å². The first-order valence-corrected chi connectivity index (χ1v) is 10.8. The van der Waals surface area contributed by atoms with Crippen molar-refractivity contribution in [2.75, 3.05) is 36.8 Å². The molecule has 2 aromatic rings. The van der Waals surface area contributed by atoms with Gasteiger partial charge >= 0.3 is 0 Å². The van der Waals surface area contributed by atoms with Crippen molar-refractivity contribution >= 4 is 15.7 Å². The van der Waals surface area contributed by atoms with Gasteiger partial charge < -0.3 is 4.90 Å². The summed E-state index contributed by atoms with van der Waals surface area (Å²) >= 11 is 0. The maximum atomic E-state index is 12.4. The maximum absolute atomic E-state index is 12.4. The van der Waals surface area contributed by atoms with E-state index in [2.05, 4.69) is 15.0 Å². The van der Waals surface area contributed by atoms with E-state index in [1.807, 2.05) is 43.7 Å². The lowest BCUT2D eigenvalue weighted by Crippen LogP contribution is -2.49. The number of piperazine rings is 1. The minimum absolute atomic E-state index is 0.249. The van der Waals surface area contributed by atoms with Crippen molar-refractivity contribution in [1.29, 1.82) is 0 Å². The van der Waals surface area contributed by atoms with Gasteiger partial charge in [0.25, 0.3) is 0 Å². The van der Waals surface area contributed by atoms with Crippen molar-refractivity contribution in [3.63, 3.8) is 0 Å². The smallest absolute Gasteiger partial charge is 0.214 e. The molecule has 142 valence electrons. The lowest BCUT2D eigenvalue weighted by molar-refractivity contribution is 0.384. The molecule has 0 radical (unpaired) electrons. The number of rotatable bonds is 6. The van der Waals surface area contributed by atoms with E-state index in [9.17, 15) is 8.42 Å². The predicted molar refractivity (Wildman–Crippen MR) is 103 cm³/mol. The summed E-state index contributed by atoms with van der Waals surface area (Å²) in [6.45, 7) is 8.46. The van der Waals surface area contributed by atoms with E-state index in [0.29, 0.717) is 26.2 Å². The van der Waals surface area contributed by atoms with Gasteiger partial charge in [-0.2, -0.15) is 9.40 Å². The zero-order valence-corrected chi connectivity index (χ0v) is 16.5. The van der Waals surface area contributed by atoms with E-state index in [0.717, 1.165) is 35.7 Å². The second kappa shape index (κ2) is 7.75. The summed E-state index contributed by atoms with van der Waals surface area (Å²) in [5, 5.41) is 4.64. The topological polar surface area (TPSA) is 71.3 Å². The number of pyridine rings is 1. The quantitative estimate of drug-likeness (QED) is 0.771. The molecule has 8 heteroatoms. The molecule has 1 saturated heterocycles. The van der Waals surface area contributed by atoms with Crippen LogP contribution in [-0.2, 0) is 10.0 Å². The van der Waals surface area contributed by atoms with Gasteiger partial charge in [0.1, 0.15) is 0 Å². The molecule has 0 saturated carbocycles. The largest absolute Gasteiger partial charge is 0.366 e. The Labute approximate surface area is 155 Å². The molecule has 3 heterocycles. The van der Waals surface area contributed by atoms with Crippen LogP contribution < -0.4 is 4.90 Å². The number of aryl methyl sites for hydroxylation is 1. The number of unbranched alkanes of at least 4 members (excludes halogenated alkanes) is 1. The van der Waals surface area contributed by atoms with Crippen LogP contribution in [0.15, 0.2) is 24.4 Å². The standard InChI is InChI=1S/C18H27N5O2S/c1-4-5-14-26(24,25)22-12-10-21(11-13-22)18-15(2)20-23(16(18)3)17-8-6-7-9-19-17/h6-9H,4-5,10-14H2,1-3H3. The number of hydrogen-bond acceptors (Lipinski definition) is 5. The van der Waals surface area contributed by atoms with Crippen molar-refractivity contribution in [2.45, 2.75) is 33.6 Å². The second-order valence-electron chi connectivity index (χ2n) is 6.67. The van der Waals surface area contributed by atoms with Crippen LogP contribution in [0.5, 0.6) is 0 Å². The van der Waals surface area contributed by atoms with Crippen LogP contribution in [0.1, 0.15) is 31.2 Å². The van der Waals surface area contributed by atoms with Gasteiger partial charge in [-0.25, -0.2) is 18.1 Å². The fraction of sp³-hybridized carbons (Fsp3) is 0.556. The van der Waals surface area contributed by atoms with E-state index in [4.69, 9.17) is 0 Å².